The Hall–Kier alpha value is -3.68. The highest BCUT2D eigenvalue weighted by atomic mass is 16.5. The Bertz CT molecular complexity index is 1080. The van der Waals surface area contributed by atoms with Crippen molar-refractivity contribution in [3.63, 3.8) is 0 Å². The summed E-state index contributed by atoms with van der Waals surface area (Å²) < 4.78 is 4.95. The number of para-hydroxylation sites is 1. The molecule has 2 aromatic carbocycles. The highest BCUT2D eigenvalue weighted by Crippen LogP contribution is 2.43. The molecule has 0 aromatic heterocycles. The molecule has 1 unspecified atom stereocenters. The van der Waals surface area contributed by atoms with Crippen molar-refractivity contribution >= 4 is 35.1 Å². The van der Waals surface area contributed by atoms with Gasteiger partial charge in [-0.2, -0.15) is 0 Å². The van der Waals surface area contributed by atoms with E-state index in [1.807, 2.05) is 13.0 Å². The highest BCUT2D eigenvalue weighted by Gasteiger charge is 2.52. The van der Waals surface area contributed by atoms with Gasteiger partial charge in [-0.15, -0.1) is 0 Å². The van der Waals surface area contributed by atoms with Gasteiger partial charge in [0.1, 0.15) is 5.66 Å². The van der Waals surface area contributed by atoms with E-state index in [0.717, 1.165) is 0 Å². The molecule has 1 fully saturated rings. The first kappa shape index (κ1) is 21.5. The van der Waals surface area contributed by atoms with Crippen LogP contribution in [0.15, 0.2) is 48.5 Å². The van der Waals surface area contributed by atoms with Gasteiger partial charge in [-0.25, -0.2) is 4.79 Å². The summed E-state index contributed by atoms with van der Waals surface area (Å²) in [7, 11) is 0. The number of anilines is 2. The van der Waals surface area contributed by atoms with Gasteiger partial charge in [0.25, 0.3) is 5.91 Å². The number of nitrogens with zero attached hydrogens (tertiary/aromatic N) is 2. The van der Waals surface area contributed by atoms with Gasteiger partial charge in [0.15, 0.2) is 0 Å². The Morgan fingerprint density at radius 1 is 1.09 bits per heavy atom. The van der Waals surface area contributed by atoms with E-state index in [2.05, 4.69) is 5.32 Å². The number of hydrogen-bond donors (Lipinski definition) is 1. The Morgan fingerprint density at radius 3 is 2.53 bits per heavy atom. The van der Waals surface area contributed by atoms with Gasteiger partial charge >= 0.3 is 5.97 Å². The van der Waals surface area contributed by atoms with E-state index in [1.165, 1.54) is 0 Å². The van der Waals surface area contributed by atoms with Crippen molar-refractivity contribution in [3.05, 3.63) is 59.7 Å². The summed E-state index contributed by atoms with van der Waals surface area (Å²) in [4.78, 5) is 53.4. The van der Waals surface area contributed by atoms with Gasteiger partial charge in [0.2, 0.25) is 11.8 Å². The molecular weight excluding hydrogens is 410 g/mol. The zero-order chi connectivity index (χ0) is 22.9. The lowest BCUT2D eigenvalue weighted by Crippen LogP contribution is -2.62. The third-order valence-corrected chi connectivity index (χ3v) is 5.99. The van der Waals surface area contributed by atoms with Crippen molar-refractivity contribution in [1.82, 2.24) is 4.90 Å². The van der Waals surface area contributed by atoms with E-state index in [4.69, 9.17) is 4.74 Å². The molecule has 8 heteroatoms. The molecule has 0 aliphatic carbocycles. The molecule has 1 N–H and O–H groups in total. The zero-order valence-corrected chi connectivity index (χ0v) is 18.1. The number of nitrogens with one attached hydrogen (secondary N) is 1. The molecule has 4 rings (SSSR count). The van der Waals surface area contributed by atoms with Gasteiger partial charge in [-0.1, -0.05) is 12.1 Å². The zero-order valence-electron chi connectivity index (χ0n) is 18.1. The van der Waals surface area contributed by atoms with Crippen LogP contribution in [0.1, 0.15) is 53.8 Å². The summed E-state index contributed by atoms with van der Waals surface area (Å²) in [5, 5.41) is 2.79. The van der Waals surface area contributed by atoms with Crippen LogP contribution in [0.2, 0.25) is 0 Å². The number of benzene rings is 2. The highest BCUT2D eigenvalue weighted by molar-refractivity contribution is 6.10. The van der Waals surface area contributed by atoms with Crippen LogP contribution in [0.4, 0.5) is 11.4 Å². The minimum Gasteiger partial charge on any atom is -0.462 e. The normalized spacial score (nSPS) is 19.4. The molecule has 0 radical (unpaired) electrons. The molecule has 0 bridgehead atoms. The summed E-state index contributed by atoms with van der Waals surface area (Å²) >= 11 is 0. The third-order valence-electron chi connectivity index (χ3n) is 5.99. The predicted octanol–water partition coefficient (Wildman–Crippen LogP) is 3.19. The Morgan fingerprint density at radius 2 is 1.81 bits per heavy atom. The van der Waals surface area contributed by atoms with E-state index >= 15 is 0 Å². The van der Waals surface area contributed by atoms with E-state index < -0.39 is 11.6 Å². The van der Waals surface area contributed by atoms with E-state index in [-0.39, 0.29) is 30.7 Å². The molecule has 0 saturated carbocycles. The van der Waals surface area contributed by atoms with Crippen LogP contribution in [0.25, 0.3) is 0 Å². The summed E-state index contributed by atoms with van der Waals surface area (Å²) in [6.07, 6.45) is 0.946. The summed E-state index contributed by atoms with van der Waals surface area (Å²) in [6, 6.07) is 13.5. The molecule has 166 valence electrons. The molecule has 32 heavy (non-hydrogen) atoms. The average Bonchev–Trinajstić information content (AvgIpc) is 3.09. The van der Waals surface area contributed by atoms with Gasteiger partial charge in [-0.05, 0) is 56.7 Å². The summed E-state index contributed by atoms with van der Waals surface area (Å²) in [5.74, 6) is -0.887. The number of carbonyl (C=O) groups is 4. The van der Waals surface area contributed by atoms with Crippen LogP contribution < -0.4 is 10.2 Å². The number of esters is 1. The maximum atomic E-state index is 13.2. The standard InChI is InChI=1S/C24H25N3O5/c1-3-32-23(31)16-8-10-17(11-9-16)25-20(28)13-15-26-22(30)18-6-4-5-7-19(18)27-21(29)12-14-24(26,27)2/h4-11H,3,12-15H2,1-2H3,(H,25,28). The molecular formula is C24H25N3O5. The van der Waals surface area contributed by atoms with Crippen LogP contribution in [0.5, 0.6) is 0 Å². The van der Waals surface area contributed by atoms with Crippen molar-refractivity contribution in [1.29, 1.82) is 0 Å². The number of amides is 3. The predicted molar refractivity (Wildman–Crippen MR) is 118 cm³/mol. The van der Waals surface area contributed by atoms with Crippen molar-refractivity contribution in [2.24, 2.45) is 0 Å². The van der Waals surface area contributed by atoms with Crippen molar-refractivity contribution in [2.75, 3.05) is 23.4 Å². The average molecular weight is 435 g/mol. The van der Waals surface area contributed by atoms with Crippen LogP contribution in [-0.4, -0.2) is 47.4 Å². The van der Waals surface area contributed by atoms with E-state index in [9.17, 15) is 19.2 Å². The van der Waals surface area contributed by atoms with Gasteiger partial charge < -0.3 is 15.0 Å². The summed E-state index contributed by atoms with van der Waals surface area (Å²) in [6.45, 7) is 4.08. The smallest absolute Gasteiger partial charge is 0.338 e. The fourth-order valence-electron chi connectivity index (χ4n) is 4.38. The summed E-state index contributed by atoms with van der Waals surface area (Å²) in [5.41, 5.74) is 1.26. The molecule has 1 atom stereocenters. The Balaban J connectivity index is 1.45. The number of fused-ring (bicyclic) bond motifs is 3. The first-order chi connectivity index (χ1) is 15.3. The Kier molecular flexibility index (Phi) is 5.69. The number of ether oxygens (including phenoxy) is 1. The van der Waals surface area contributed by atoms with Gasteiger partial charge in [0, 0.05) is 25.1 Å². The molecule has 2 aliphatic heterocycles. The molecule has 2 heterocycles. The van der Waals surface area contributed by atoms with Gasteiger partial charge in [-0.3, -0.25) is 19.3 Å². The van der Waals surface area contributed by atoms with Crippen LogP contribution >= 0.6 is 0 Å². The molecule has 1 saturated heterocycles. The van der Waals surface area contributed by atoms with E-state index in [0.29, 0.717) is 42.0 Å². The SMILES string of the molecule is CCOC(=O)c1ccc(NC(=O)CCN2C(=O)c3ccccc3N3C(=O)CCC23C)cc1. The van der Waals surface area contributed by atoms with Crippen molar-refractivity contribution in [2.45, 2.75) is 38.8 Å². The second-order valence-corrected chi connectivity index (χ2v) is 8.02. The topological polar surface area (TPSA) is 96.0 Å². The quantitative estimate of drug-likeness (QED) is 0.703. The Labute approximate surface area is 186 Å². The largest absolute Gasteiger partial charge is 0.462 e. The third kappa shape index (κ3) is 3.72. The first-order valence-electron chi connectivity index (χ1n) is 10.7. The molecule has 8 nitrogen and oxygen atoms in total. The molecule has 2 aromatic rings. The molecule has 2 aliphatic rings. The second kappa shape index (κ2) is 8.45. The lowest BCUT2D eigenvalue weighted by molar-refractivity contribution is -0.117. The maximum Gasteiger partial charge on any atom is 0.338 e. The molecule has 0 spiro atoms. The second-order valence-electron chi connectivity index (χ2n) is 8.02. The molecule has 3 amide bonds. The van der Waals surface area contributed by atoms with Crippen molar-refractivity contribution in [3.8, 4) is 0 Å². The number of hydrogen-bond acceptors (Lipinski definition) is 5. The van der Waals surface area contributed by atoms with Crippen LogP contribution in [0.3, 0.4) is 0 Å². The van der Waals surface area contributed by atoms with Crippen molar-refractivity contribution < 1.29 is 23.9 Å². The number of carbonyl (C=O) groups excluding carboxylic acids is 4. The minimum atomic E-state index is -0.788. The fourth-order valence-corrected chi connectivity index (χ4v) is 4.38. The fraction of sp³-hybridized carbons (Fsp3) is 0.333. The lowest BCUT2D eigenvalue weighted by atomic mass is 9.98. The van der Waals surface area contributed by atoms with Gasteiger partial charge in [0.05, 0.1) is 23.4 Å². The van der Waals surface area contributed by atoms with Crippen LogP contribution in [-0.2, 0) is 14.3 Å². The first-order valence-corrected chi connectivity index (χ1v) is 10.7. The maximum absolute atomic E-state index is 13.2. The van der Waals surface area contributed by atoms with E-state index in [1.54, 1.807) is 59.2 Å². The minimum absolute atomic E-state index is 0.0245. The monoisotopic (exact) mass is 435 g/mol. The lowest BCUT2D eigenvalue weighted by Gasteiger charge is -2.48. The van der Waals surface area contributed by atoms with Crippen LogP contribution in [0, 0.1) is 0 Å². The number of rotatable bonds is 6.